The Bertz CT molecular complexity index is 513. The van der Waals surface area contributed by atoms with Crippen LogP contribution in [0.5, 0.6) is 5.75 Å². The summed E-state index contributed by atoms with van der Waals surface area (Å²) in [5.74, 6) is 0.743. The largest absolute Gasteiger partial charge is 0.496 e. The van der Waals surface area contributed by atoms with Gasteiger partial charge in [-0.25, -0.2) is 8.42 Å². The van der Waals surface area contributed by atoms with E-state index in [9.17, 15) is 8.42 Å². The zero-order valence-corrected chi connectivity index (χ0v) is 10.6. The van der Waals surface area contributed by atoms with Crippen LogP contribution < -0.4 is 4.74 Å². The average Bonchev–Trinajstić information content (AvgIpc) is 3.04. The van der Waals surface area contributed by atoms with E-state index < -0.39 is 9.84 Å². The van der Waals surface area contributed by atoms with Crippen LogP contribution in [-0.4, -0.2) is 20.8 Å². The Labute approximate surface area is 96.4 Å². The highest BCUT2D eigenvalue weighted by atomic mass is 32.2. The molecule has 1 aromatic carbocycles. The summed E-state index contributed by atoms with van der Waals surface area (Å²) in [4.78, 5) is 0.466. The molecule has 0 spiro atoms. The van der Waals surface area contributed by atoms with Crippen LogP contribution in [-0.2, 0) is 9.84 Å². The van der Waals surface area contributed by atoms with Crippen molar-refractivity contribution in [1.82, 2.24) is 0 Å². The Morgan fingerprint density at radius 1 is 1.19 bits per heavy atom. The standard InChI is InChI=1S/C12H16O3S/c1-8-7-12(9(2)6-11(8)15-3)16(13,14)10-4-5-10/h6-7,10H,4-5H2,1-3H3. The van der Waals surface area contributed by atoms with Crippen molar-refractivity contribution in [3.8, 4) is 5.75 Å². The van der Waals surface area contributed by atoms with Crippen LogP contribution in [0.25, 0.3) is 0 Å². The first-order valence-corrected chi connectivity index (χ1v) is 6.90. The van der Waals surface area contributed by atoms with E-state index in [1.165, 1.54) is 0 Å². The molecule has 0 radical (unpaired) electrons. The number of methoxy groups -OCH3 is 1. The molecule has 88 valence electrons. The van der Waals surface area contributed by atoms with Gasteiger partial charge in [0.05, 0.1) is 17.3 Å². The van der Waals surface area contributed by atoms with E-state index in [-0.39, 0.29) is 5.25 Å². The summed E-state index contributed by atoms with van der Waals surface area (Å²) < 4.78 is 29.4. The minimum atomic E-state index is -3.10. The van der Waals surface area contributed by atoms with Gasteiger partial charge in [-0.2, -0.15) is 0 Å². The summed E-state index contributed by atoms with van der Waals surface area (Å²) in [6, 6.07) is 3.52. The van der Waals surface area contributed by atoms with Gasteiger partial charge in [-0.05, 0) is 49.9 Å². The van der Waals surface area contributed by atoms with Crippen LogP contribution in [0.15, 0.2) is 17.0 Å². The number of hydrogen-bond acceptors (Lipinski definition) is 3. The van der Waals surface area contributed by atoms with Gasteiger partial charge in [0.25, 0.3) is 0 Å². The molecule has 0 unspecified atom stereocenters. The van der Waals surface area contributed by atoms with Gasteiger partial charge in [0, 0.05) is 0 Å². The lowest BCUT2D eigenvalue weighted by Crippen LogP contribution is -2.09. The zero-order chi connectivity index (χ0) is 11.9. The number of rotatable bonds is 3. The molecule has 0 aliphatic heterocycles. The Hall–Kier alpha value is -1.03. The normalized spacial score (nSPS) is 16.2. The minimum absolute atomic E-state index is 0.154. The molecule has 0 atom stereocenters. The van der Waals surface area contributed by atoms with E-state index in [1.807, 2.05) is 13.8 Å². The van der Waals surface area contributed by atoms with Crippen molar-refractivity contribution in [1.29, 1.82) is 0 Å². The van der Waals surface area contributed by atoms with Crippen LogP contribution in [0.1, 0.15) is 24.0 Å². The maximum absolute atomic E-state index is 12.1. The average molecular weight is 240 g/mol. The zero-order valence-electron chi connectivity index (χ0n) is 9.78. The van der Waals surface area contributed by atoms with E-state index in [0.717, 1.165) is 29.7 Å². The molecule has 1 aliphatic rings. The number of hydrogen-bond donors (Lipinski definition) is 0. The van der Waals surface area contributed by atoms with Crippen molar-refractivity contribution in [2.24, 2.45) is 0 Å². The van der Waals surface area contributed by atoms with Crippen LogP contribution in [0.4, 0.5) is 0 Å². The molecule has 0 amide bonds. The van der Waals surface area contributed by atoms with Crippen LogP contribution in [0, 0.1) is 13.8 Å². The topological polar surface area (TPSA) is 43.4 Å². The predicted octanol–water partition coefficient (Wildman–Crippen LogP) is 2.25. The third-order valence-electron chi connectivity index (χ3n) is 2.96. The molecule has 1 aromatic rings. The van der Waals surface area contributed by atoms with Crippen molar-refractivity contribution in [3.05, 3.63) is 23.3 Å². The van der Waals surface area contributed by atoms with E-state index >= 15 is 0 Å². The molecule has 0 heterocycles. The van der Waals surface area contributed by atoms with Crippen molar-refractivity contribution < 1.29 is 13.2 Å². The van der Waals surface area contributed by atoms with Gasteiger partial charge in [-0.3, -0.25) is 0 Å². The van der Waals surface area contributed by atoms with Gasteiger partial charge >= 0.3 is 0 Å². The fourth-order valence-electron chi connectivity index (χ4n) is 1.85. The summed E-state index contributed by atoms with van der Waals surface area (Å²) in [5, 5.41) is -0.154. The summed E-state index contributed by atoms with van der Waals surface area (Å²) in [6.45, 7) is 3.68. The monoisotopic (exact) mass is 240 g/mol. The molecule has 4 heteroatoms. The van der Waals surface area contributed by atoms with Gasteiger partial charge in [-0.1, -0.05) is 0 Å². The first kappa shape index (κ1) is 11.5. The van der Waals surface area contributed by atoms with E-state index in [4.69, 9.17) is 4.74 Å². The molecule has 2 rings (SSSR count). The Balaban J connectivity index is 2.54. The van der Waals surface area contributed by atoms with Crippen LogP contribution >= 0.6 is 0 Å². The van der Waals surface area contributed by atoms with Gasteiger partial charge < -0.3 is 4.74 Å². The Morgan fingerprint density at radius 2 is 1.81 bits per heavy atom. The first-order valence-electron chi connectivity index (χ1n) is 5.36. The fourth-order valence-corrected chi connectivity index (χ4v) is 3.81. The Kier molecular flexibility index (Phi) is 2.70. The molecular weight excluding hydrogens is 224 g/mol. The summed E-state index contributed by atoms with van der Waals surface area (Å²) >= 11 is 0. The van der Waals surface area contributed by atoms with Gasteiger partial charge in [0.1, 0.15) is 5.75 Å². The molecule has 0 saturated heterocycles. The molecule has 16 heavy (non-hydrogen) atoms. The van der Waals surface area contributed by atoms with Gasteiger partial charge in [-0.15, -0.1) is 0 Å². The number of sulfone groups is 1. The third kappa shape index (κ3) is 1.82. The summed E-state index contributed by atoms with van der Waals surface area (Å²) in [7, 11) is -1.51. The lowest BCUT2D eigenvalue weighted by molar-refractivity contribution is 0.411. The fraction of sp³-hybridized carbons (Fsp3) is 0.500. The van der Waals surface area contributed by atoms with Crippen molar-refractivity contribution in [3.63, 3.8) is 0 Å². The van der Waals surface area contributed by atoms with Gasteiger partial charge in [0.15, 0.2) is 9.84 Å². The summed E-state index contributed by atoms with van der Waals surface area (Å²) in [5.41, 5.74) is 1.64. The second-order valence-electron chi connectivity index (χ2n) is 4.33. The lowest BCUT2D eigenvalue weighted by atomic mass is 10.1. The molecule has 1 fully saturated rings. The molecule has 1 saturated carbocycles. The highest BCUT2D eigenvalue weighted by Gasteiger charge is 2.37. The van der Waals surface area contributed by atoms with Crippen molar-refractivity contribution >= 4 is 9.84 Å². The molecule has 0 N–H and O–H groups in total. The van der Waals surface area contributed by atoms with E-state index in [1.54, 1.807) is 19.2 Å². The van der Waals surface area contributed by atoms with Gasteiger partial charge in [0.2, 0.25) is 0 Å². The molecule has 0 bridgehead atoms. The van der Waals surface area contributed by atoms with E-state index in [2.05, 4.69) is 0 Å². The first-order chi connectivity index (χ1) is 7.46. The van der Waals surface area contributed by atoms with E-state index in [0.29, 0.717) is 4.90 Å². The molecule has 3 nitrogen and oxygen atoms in total. The quantitative estimate of drug-likeness (QED) is 0.814. The highest BCUT2D eigenvalue weighted by Crippen LogP contribution is 2.36. The number of aryl methyl sites for hydroxylation is 2. The van der Waals surface area contributed by atoms with Crippen molar-refractivity contribution in [2.75, 3.05) is 7.11 Å². The smallest absolute Gasteiger partial charge is 0.181 e. The SMILES string of the molecule is COc1cc(C)c(S(=O)(=O)C2CC2)cc1C. The maximum atomic E-state index is 12.1. The second kappa shape index (κ2) is 3.77. The molecular formula is C12H16O3S. The van der Waals surface area contributed by atoms with Crippen LogP contribution in [0.3, 0.4) is 0 Å². The van der Waals surface area contributed by atoms with Crippen molar-refractivity contribution in [2.45, 2.75) is 36.8 Å². The second-order valence-corrected chi connectivity index (χ2v) is 6.53. The Morgan fingerprint density at radius 3 is 2.31 bits per heavy atom. The third-order valence-corrected chi connectivity index (χ3v) is 5.36. The maximum Gasteiger partial charge on any atom is 0.181 e. The minimum Gasteiger partial charge on any atom is -0.496 e. The van der Waals surface area contributed by atoms with Crippen LogP contribution in [0.2, 0.25) is 0 Å². The highest BCUT2D eigenvalue weighted by molar-refractivity contribution is 7.92. The molecule has 0 aromatic heterocycles. The number of benzene rings is 1. The predicted molar refractivity (Wildman–Crippen MR) is 62.7 cm³/mol. The number of ether oxygens (including phenoxy) is 1. The molecule has 1 aliphatic carbocycles. The lowest BCUT2D eigenvalue weighted by Gasteiger charge is -2.11. The summed E-state index contributed by atoms with van der Waals surface area (Å²) in [6.07, 6.45) is 1.60.